The smallest absolute Gasteiger partial charge is 0.343 e. The molecule has 0 fully saturated rings. The molecule has 8 nitrogen and oxygen atoms in total. The average Bonchev–Trinajstić information content (AvgIpc) is 2.60. The number of Topliss-reactive ketones (excluding diaryl/α,β-unsaturated/α-hetero) is 1. The van der Waals surface area contributed by atoms with E-state index >= 15 is 0 Å². The Kier molecular flexibility index (Phi) is 8.71. The Balaban J connectivity index is 0.000000804. The lowest BCUT2D eigenvalue weighted by atomic mass is 10.1. The van der Waals surface area contributed by atoms with Gasteiger partial charge in [0.15, 0.2) is 17.3 Å². The summed E-state index contributed by atoms with van der Waals surface area (Å²) >= 11 is 0. The van der Waals surface area contributed by atoms with Crippen LogP contribution in [0.25, 0.3) is 0 Å². The van der Waals surface area contributed by atoms with Crippen molar-refractivity contribution in [3.63, 3.8) is 0 Å². The predicted octanol–water partition coefficient (Wildman–Crippen LogP) is 2.99. The number of phenolic OH excluding ortho intramolecular Hbond substituents is 1. The van der Waals surface area contributed by atoms with E-state index in [2.05, 4.69) is 5.32 Å². The summed E-state index contributed by atoms with van der Waals surface area (Å²) < 4.78 is 31.1. The average molecular weight is 438 g/mol. The maximum atomic E-state index is 12.1. The highest BCUT2D eigenvalue weighted by atomic mass is 32.2. The van der Waals surface area contributed by atoms with Crippen LogP contribution >= 0.6 is 0 Å². The number of phenols is 1. The van der Waals surface area contributed by atoms with Crippen LogP contribution in [-0.4, -0.2) is 48.2 Å². The normalized spacial score (nSPS) is 11.3. The minimum atomic E-state index is -3.67. The topological polar surface area (TPSA) is 130 Å². The minimum Gasteiger partial charge on any atom is -0.504 e. The van der Waals surface area contributed by atoms with E-state index in [0.29, 0.717) is 17.4 Å². The number of benzene rings is 2. The number of nitrogens with one attached hydrogen (secondary N) is 1. The third-order valence-corrected chi connectivity index (χ3v) is 3.55. The number of ketones is 1. The molecule has 0 aliphatic heterocycles. The van der Waals surface area contributed by atoms with Gasteiger partial charge in [0.2, 0.25) is 0 Å². The number of carbonyl (C=O) groups is 2. The van der Waals surface area contributed by atoms with Crippen molar-refractivity contribution in [2.24, 2.45) is 0 Å². The summed E-state index contributed by atoms with van der Waals surface area (Å²) in [6, 6.07) is 11.2. The Morgan fingerprint density at radius 2 is 1.53 bits per heavy atom. The molecule has 0 bridgehead atoms. The predicted molar refractivity (Wildman–Crippen MR) is 114 cm³/mol. The van der Waals surface area contributed by atoms with Gasteiger partial charge in [-0.05, 0) is 58.0 Å². The zero-order chi connectivity index (χ0) is 23.1. The molecule has 0 spiro atoms. The lowest BCUT2D eigenvalue weighted by molar-refractivity contribution is 0.0729. The molecule has 0 aliphatic carbocycles. The van der Waals surface area contributed by atoms with E-state index < -0.39 is 16.1 Å². The van der Waals surface area contributed by atoms with Gasteiger partial charge < -0.3 is 15.2 Å². The number of esters is 1. The lowest BCUT2D eigenvalue weighted by Crippen LogP contribution is -2.39. The third kappa shape index (κ3) is 10.1. The first-order valence-electron chi connectivity index (χ1n) is 8.98. The number of carbonyl (C=O) groups excluding carboxylic acids is 2. The van der Waals surface area contributed by atoms with E-state index in [1.54, 1.807) is 24.3 Å². The van der Waals surface area contributed by atoms with Crippen LogP contribution < -0.4 is 10.1 Å². The van der Waals surface area contributed by atoms with E-state index in [0.717, 1.165) is 5.56 Å². The molecule has 0 atom stereocenters. The van der Waals surface area contributed by atoms with Crippen LogP contribution in [0, 0.1) is 6.92 Å². The molecule has 0 saturated carbocycles. The standard InChI is InChI=1S/C20H23NO4.CH4O3S/c1-13-5-7-14(8-6-13)19(24)25-18-10-9-15(11-16(18)22)17(23)12-21-20(2,3)4;1-5(2,3)4/h5-11,21-22H,12H2,1-4H3;1H3,(H,2,3,4). The molecule has 9 heteroatoms. The number of rotatable bonds is 5. The van der Waals surface area contributed by atoms with Gasteiger partial charge in [0.1, 0.15) is 0 Å². The van der Waals surface area contributed by atoms with Crippen LogP contribution in [0.2, 0.25) is 0 Å². The lowest BCUT2D eigenvalue weighted by Gasteiger charge is -2.19. The van der Waals surface area contributed by atoms with Crippen LogP contribution in [0.4, 0.5) is 0 Å². The molecule has 30 heavy (non-hydrogen) atoms. The van der Waals surface area contributed by atoms with Crippen LogP contribution in [0.1, 0.15) is 47.1 Å². The van der Waals surface area contributed by atoms with Gasteiger partial charge in [-0.2, -0.15) is 8.42 Å². The Hall–Kier alpha value is -2.75. The second-order valence-electron chi connectivity index (χ2n) is 7.70. The first-order chi connectivity index (χ1) is 13.7. The van der Waals surface area contributed by atoms with Crippen LogP contribution in [0.15, 0.2) is 42.5 Å². The van der Waals surface area contributed by atoms with Gasteiger partial charge >= 0.3 is 5.97 Å². The van der Waals surface area contributed by atoms with E-state index in [9.17, 15) is 23.1 Å². The number of aryl methyl sites for hydroxylation is 1. The van der Waals surface area contributed by atoms with Crippen LogP contribution in [0.5, 0.6) is 11.5 Å². The van der Waals surface area contributed by atoms with E-state index in [4.69, 9.17) is 9.29 Å². The first kappa shape index (κ1) is 25.3. The zero-order valence-electron chi connectivity index (χ0n) is 17.6. The molecular formula is C21H27NO7S. The number of ether oxygens (including phenoxy) is 1. The van der Waals surface area contributed by atoms with Gasteiger partial charge in [0, 0.05) is 11.1 Å². The van der Waals surface area contributed by atoms with Crippen LogP contribution in [0.3, 0.4) is 0 Å². The van der Waals surface area contributed by atoms with Crippen molar-refractivity contribution in [3.8, 4) is 11.5 Å². The highest BCUT2D eigenvalue weighted by molar-refractivity contribution is 7.85. The van der Waals surface area contributed by atoms with Gasteiger partial charge in [0.05, 0.1) is 18.4 Å². The molecular weight excluding hydrogens is 410 g/mol. The first-order valence-corrected chi connectivity index (χ1v) is 10.8. The number of aromatic hydroxyl groups is 1. The summed E-state index contributed by atoms with van der Waals surface area (Å²) in [7, 11) is -3.67. The largest absolute Gasteiger partial charge is 0.504 e. The maximum absolute atomic E-state index is 12.1. The summed E-state index contributed by atoms with van der Waals surface area (Å²) in [6.45, 7) is 7.97. The second kappa shape index (κ2) is 10.3. The molecule has 2 rings (SSSR count). The molecule has 0 aliphatic rings. The van der Waals surface area contributed by atoms with Gasteiger partial charge in [-0.3, -0.25) is 9.35 Å². The zero-order valence-corrected chi connectivity index (χ0v) is 18.4. The van der Waals surface area contributed by atoms with E-state index in [1.165, 1.54) is 18.2 Å². The summed E-state index contributed by atoms with van der Waals surface area (Å²) in [5.74, 6) is -0.946. The van der Waals surface area contributed by atoms with Crippen molar-refractivity contribution >= 4 is 21.9 Å². The summed E-state index contributed by atoms with van der Waals surface area (Å²) in [5.41, 5.74) is 1.59. The number of hydrogen-bond donors (Lipinski definition) is 3. The molecule has 2 aromatic rings. The molecule has 0 heterocycles. The highest BCUT2D eigenvalue weighted by Crippen LogP contribution is 2.28. The second-order valence-corrected chi connectivity index (χ2v) is 9.16. The molecule has 3 N–H and O–H groups in total. The SMILES string of the molecule is CS(=O)(=O)O.Cc1ccc(C(=O)Oc2ccc(C(=O)CNC(C)(C)C)cc2O)cc1. The molecule has 2 aromatic carbocycles. The van der Waals surface area contributed by atoms with Crippen molar-refractivity contribution in [1.82, 2.24) is 5.32 Å². The van der Waals surface area contributed by atoms with Gasteiger partial charge in [-0.25, -0.2) is 4.79 Å². The fourth-order valence-corrected chi connectivity index (χ4v) is 2.07. The minimum absolute atomic E-state index is 0.0194. The summed E-state index contributed by atoms with van der Waals surface area (Å²) in [6.07, 6.45) is 0.715. The Labute approximate surface area is 176 Å². The van der Waals surface area contributed by atoms with E-state index in [1.807, 2.05) is 27.7 Å². The maximum Gasteiger partial charge on any atom is 0.343 e. The fourth-order valence-electron chi connectivity index (χ4n) is 2.07. The van der Waals surface area contributed by atoms with Gasteiger partial charge in [0.25, 0.3) is 10.1 Å². The molecule has 0 saturated heterocycles. The van der Waals surface area contributed by atoms with Crippen molar-refractivity contribution < 1.29 is 32.4 Å². The molecule has 0 unspecified atom stereocenters. The monoisotopic (exact) mass is 437 g/mol. The third-order valence-electron chi connectivity index (χ3n) is 3.55. The fraction of sp³-hybridized carbons (Fsp3) is 0.333. The van der Waals surface area contributed by atoms with E-state index in [-0.39, 0.29) is 29.4 Å². The van der Waals surface area contributed by atoms with Crippen molar-refractivity contribution in [3.05, 3.63) is 59.2 Å². The van der Waals surface area contributed by atoms with Gasteiger partial charge in [-0.15, -0.1) is 0 Å². The summed E-state index contributed by atoms with van der Waals surface area (Å²) in [5, 5.41) is 13.2. The molecule has 0 amide bonds. The Morgan fingerprint density at radius 1 is 1.03 bits per heavy atom. The Morgan fingerprint density at radius 3 is 2.00 bits per heavy atom. The molecule has 0 aromatic heterocycles. The van der Waals surface area contributed by atoms with Gasteiger partial charge in [-0.1, -0.05) is 17.7 Å². The van der Waals surface area contributed by atoms with Crippen LogP contribution in [-0.2, 0) is 10.1 Å². The molecule has 164 valence electrons. The highest BCUT2D eigenvalue weighted by Gasteiger charge is 2.16. The number of hydrogen-bond acceptors (Lipinski definition) is 7. The van der Waals surface area contributed by atoms with Crippen molar-refractivity contribution in [2.45, 2.75) is 33.2 Å². The molecule has 0 radical (unpaired) electrons. The summed E-state index contributed by atoms with van der Waals surface area (Å²) in [4.78, 5) is 24.2. The van der Waals surface area contributed by atoms with Crippen molar-refractivity contribution in [2.75, 3.05) is 12.8 Å². The Bertz CT molecular complexity index is 983. The van der Waals surface area contributed by atoms with Crippen molar-refractivity contribution in [1.29, 1.82) is 0 Å². The quantitative estimate of drug-likeness (QED) is 0.282.